The van der Waals surface area contributed by atoms with E-state index in [4.69, 9.17) is 0 Å². The number of hydrogen-bond donors (Lipinski definition) is 1. The molecule has 104 valence electrons. The number of nitrogens with one attached hydrogen (secondary N) is 1. The van der Waals surface area contributed by atoms with Gasteiger partial charge in [0.25, 0.3) is 0 Å². The quantitative estimate of drug-likeness (QED) is 0.899. The fraction of sp³-hybridized carbons (Fsp3) is 0.571. The second-order valence-electron chi connectivity index (χ2n) is 5.78. The average molecular weight is 280 g/mol. The van der Waals surface area contributed by atoms with Crippen molar-refractivity contribution in [3.8, 4) is 0 Å². The number of nitrogens with zero attached hydrogens (tertiary/aromatic N) is 1. The summed E-state index contributed by atoms with van der Waals surface area (Å²) >= 11 is 0. The van der Waals surface area contributed by atoms with Gasteiger partial charge in [0.05, 0.1) is 5.75 Å². The summed E-state index contributed by atoms with van der Waals surface area (Å²) in [4.78, 5) is 2.34. The Balaban J connectivity index is 1.64. The van der Waals surface area contributed by atoms with E-state index in [2.05, 4.69) is 9.62 Å². The fourth-order valence-corrected chi connectivity index (χ4v) is 4.54. The molecule has 3 atom stereocenters. The van der Waals surface area contributed by atoms with E-state index in [1.54, 1.807) is 0 Å². The summed E-state index contributed by atoms with van der Waals surface area (Å²) in [6.07, 6.45) is 1.12. The Hall–Kier alpha value is -0.910. The van der Waals surface area contributed by atoms with Crippen molar-refractivity contribution in [1.29, 1.82) is 0 Å². The predicted molar refractivity (Wildman–Crippen MR) is 75.3 cm³/mol. The van der Waals surface area contributed by atoms with Gasteiger partial charge >= 0.3 is 0 Å². The fourth-order valence-electron chi connectivity index (χ4n) is 3.09. The van der Waals surface area contributed by atoms with Gasteiger partial charge in [0, 0.05) is 19.1 Å². The molecule has 2 saturated heterocycles. The van der Waals surface area contributed by atoms with Crippen LogP contribution in [0, 0.1) is 12.8 Å². The average Bonchev–Trinajstić information content (AvgIpc) is 2.93. The molecule has 2 heterocycles. The molecule has 2 bridgehead atoms. The summed E-state index contributed by atoms with van der Waals surface area (Å²) in [5, 5.41) is 0. The summed E-state index contributed by atoms with van der Waals surface area (Å²) in [6.45, 7) is 5.05. The molecule has 3 rings (SSSR count). The zero-order valence-electron chi connectivity index (χ0n) is 11.2. The largest absolute Gasteiger partial charge is 0.301 e. The second-order valence-corrected chi connectivity index (χ2v) is 7.53. The lowest BCUT2D eigenvalue weighted by Gasteiger charge is -2.23. The lowest BCUT2D eigenvalue weighted by molar-refractivity contribution is 0.335. The number of fused-ring (bicyclic) bond motifs is 2. The first kappa shape index (κ1) is 13.1. The SMILES string of the molecule is Cc1ccc(CS(=O)(=O)NC2CN3CCC2C3)cc1. The minimum atomic E-state index is -3.23. The van der Waals surface area contributed by atoms with Gasteiger partial charge in [-0.15, -0.1) is 0 Å². The van der Waals surface area contributed by atoms with Gasteiger partial charge in [-0.1, -0.05) is 29.8 Å². The number of benzene rings is 1. The minimum Gasteiger partial charge on any atom is -0.301 e. The van der Waals surface area contributed by atoms with Crippen LogP contribution in [-0.2, 0) is 15.8 Å². The van der Waals surface area contributed by atoms with Gasteiger partial charge in [0.15, 0.2) is 0 Å². The lowest BCUT2D eigenvalue weighted by atomic mass is 10.0. The summed E-state index contributed by atoms with van der Waals surface area (Å²) in [6, 6.07) is 7.80. The minimum absolute atomic E-state index is 0.0799. The van der Waals surface area contributed by atoms with Gasteiger partial charge in [0.2, 0.25) is 10.0 Å². The van der Waals surface area contributed by atoms with Gasteiger partial charge in [-0.05, 0) is 31.4 Å². The molecule has 2 aliphatic heterocycles. The van der Waals surface area contributed by atoms with E-state index in [-0.39, 0.29) is 11.8 Å². The molecule has 1 aromatic carbocycles. The van der Waals surface area contributed by atoms with Crippen LogP contribution in [0.2, 0.25) is 0 Å². The number of rotatable bonds is 4. The molecular formula is C14H20N2O2S. The van der Waals surface area contributed by atoms with Crippen molar-refractivity contribution in [2.24, 2.45) is 5.92 Å². The molecule has 0 aromatic heterocycles. The van der Waals surface area contributed by atoms with Crippen molar-refractivity contribution < 1.29 is 8.42 Å². The number of piperidine rings is 1. The summed E-state index contributed by atoms with van der Waals surface area (Å²) in [5.41, 5.74) is 2.00. The van der Waals surface area contributed by atoms with Crippen LogP contribution in [0.25, 0.3) is 0 Å². The normalized spacial score (nSPS) is 29.8. The zero-order valence-corrected chi connectivity index (χ0v) is 12.0. The molecule has 2 fully saturated rings. The Morgan fingerprint density at radius 3 is 2.58 bits per heavy atom. The van der Waals surface area contributed by atoms with Crippen molar-refractivity contribution in [1.82, 2.24) is 9.62 Å². The maximum atomic E-state index is 12.2. The predicted octanol–water partition coefficient (Wildman–Crippen LogP) is 1.12. The van der Waals surface area contributed by atoms with Crippen LogP contribution in [0.15, 0.2) is 24.3 Å². The summed E-state index contributed by atoms with van der Waals surface area (Å²) in [7, 11) is -3.23. The smallest absolute Gasteiger partial charge is 0.216 e. The van der Waals surface area contributed by atoms with Crippen LogP contribution < -0.4 is 4.72 Å². The first-order chi connectivity index (χ1) is 9.02. The van der Waals surface area contributed by atoms with Crippen LogP contribution in [0.3, 0.4) is 0 Å². The molecular weight excluding hydrogens is 260 g/mol. The Labute approximate surface area is 114 Å². The molecule has 0 aliphatic carbocycles. The third-order valence-corrected chi connectivity index (χ3v) is 5.52. The molecule has 0 radical (unpaired) electrons. The van der Waals surface area contributed by atoms with Gasteiger partial charge in [0.1, 0.15) is 0 Å². The standard InChI is InChI=1S/C14H20N2O2S/c1-11-2-4-12(5-3-11)10-19(17,18)15-14-9-16-7-6-13(14)8-16/h2-5,13-15H,6-10H2,1H3. The van der Waals surface area contributed by atoms with Gasteiger partial charge in [-0.3, -0.25) is 0 Å². The molecule has 1 aromatic rings. The maximum absolute atomic E-state index is 12.2. The van der Waals surface area contributed by atoms with Gasteiger partial charge < -0.3 is 4.90 Å². The Morgan fingerprint density at radius 1 is 1.26 bits per heavy atom. The summed E-state index contributed by atoms with van der Waals surface area (Å²) in [5.74, 6) is 0.587. The van der Waals surface area contributed by atoms with E-state index in [0.717, 1.165) is 37.2 Å². The molecule has 3 unspecified atom stereocenters. The van der Waals surface area contributed by atoms with E-state index >= 15 is 0 Å². The highest BCUT2D eigenvalue weighted by Crippen LogP contribution is 2.28. The highest BCUT2D eigenvalue weighted by atomic mass is 32.2. The van der Waals surface area contributed by atoms with Crippen LogP contribution in [-0.4, -0.2) is 39.0 Å². The molecule has 4 nitrogen and oxygen atoms in total. The topological polar surface area (TPSA) is 49.4 Å². The molecule has 2 aliphatic rings. The van der Waals surface area contributed by atoms with E-state index in [9.17, 15) is 8.42 Å². The van der Waals surface area contributed by atoms with Crippen LogP contribution in [0.1, 0.15) is 17.5 Å². The van der Waals surface area contributed by atoms with Crippen molar-refractivity contribution in [3.63, 3.8) is 0 Å². The number of hydrogen-bond acceptors (Lipinski definition) is 3. The monoisotopic (exact) mass is 280 g/mol. The Bertz CT molecular complexity index is 553. The first-order valence-electron chi connectivity index (χ1n) is 6.80. The number of aryl methyl sites for hydroxylation is 1. The van der Waals surface area contributed by atoms with Crippen molar-refractivity contribution in [2.75, 3.05) is 19.6 Å². The maximum Gasteiger partial charge on any atom is 0.216 e. The first-order valence-corrected chi connectivity index (χ1v) is 8.45. The molecule has 5 heteroatoms. The second kappa shape index (κ2) is 4.89. The van der Waals surface area contributed by atoms with Crippen molar-refractivity contribution in [3.05, 3.63) is 35.4 Å². The molecule has 0 spiro atoms. The Kier molecular flexibility index (Phi) is 3.37. The lowest BCUT2D eigenvalue weighted by Crippen LogP contribution is -2.43. The summed E-state index contributed by atoms with van der Waals surface area (Å²) < 4.78 is 27.3. The highest BCUT2D eigenvalue weighted by molar-refractivity contribution is 7.88. The van der Waals surface area contributed by atoms with E-state index in [1.165, 1.54) is 0 Å². The van der Waals surface area contributed by atoms with E-state index < -0.39 is 10.0 Å². The van der Waals surface area contributed by atoms with Gasteiger partial charge in [-0.2, -0.15) is 0 Å². The van der Waals surface area contributed by atoms with Crippen molar-refractivity contribution >= 4 is 10.0 Å². The van der Waals surface area contributed by atoms with E-state index in [1.807, 2.05) is 31.2 Å². The van der Waals surface area contributed by atoms with Gasteiger partial charge in [-0.25, -0.2) is 13.1 Å². The molecule has 19 heavy (non-hydrogen) atoms. The van der Waals surface area contributed by atoms with Crippen LogP contribution in [0.5, 0.6) is 0 Å². The third kappa shape index (κ3) is 2.99. The molecule has 0 saturated carbocycles. The third-order valence-electron chi connectivity index (χ3n) is 4.14. The highest BCUT2D eigenvalue weighted by Gasteiger charge is 2.39. The molecule has 1 N–H and O–H groups in total. The number of sulfonamides is 1. The molecule has 0 amide bonds. The van der Waals surface area contributed by atoms with Crippen LogP contribution >= 0.6 is 0 Å². The Morgan fingerprint density at radius 2 is 2.00 bits per heavy atom. The van der Waals surface area contributed by atoms with E-state index in [0.29, 0.717) is 5.92 Å². The van der Waals surface area contributed by atoms with Crippen molar-refractivity contribution in [2.45, 2.75) is 25.1 Å². The zero-order chi connectivity index (χ0) is 13.5. The van der Waals surface area contributed by atoms with Crippen LogP contribution in [0.4, 0.5) is 0 Å².